The summed E-state index contributed by atoms with van der Waals surface area (Å²) >= 11 is 2.76. The molecule has 6 nitrogen and oxygen atoms in total. The Balaban J connectivity index is 1.58. The summed E-state index contributed by atoms with van der Waals surface area (Å²) in [6.45, 7) is 0. The van der Waals surface area contributed by atoms with Crippen molar-refractivity contribution in [3.63, 3.8) is 0 Å². The van der Waals surface area contributed by atoms with Gasteiger partial charge in [0, 0.05) is 9.40 Å². The molecule has 8 heteroatoms. The predicted molar refractivity (Wildman–Crippen MR) is 103 cm³/mol. The number of hydrogen-bond acceptors (Lipinski definition) is 6. The van der Waals surface area contributed by atoms with E-state index >= 15 is 0 Å². The number of nitrogens with zero attached hydrogens (tertiary/aromatic N) is 4. The summed E-state index contributed by atoms with van der Waals surface area (Å²) in [6.07, 6.45) is 0. The molecular weight excluding hydrogens is 368 g/mol. The number of rotatable bonds is 2. The second kappa shape index (κ2) is 5.72. The fourth-order valence-corrected chi connectivity index (χ4v) is 4.77. The van der Waals surface area contributed by atoms with Crippen molar-refractivity contribution < 1.29 is 4.79 Å². The van der Waals surface area contributed by atoms with Crippen LogP contribution in [0.3, 0.4) is 0 Å². The first kappa shape index (κ1) is 15.2. The fraction of sp³-hybridized carbons (Fsp3) is 0. The summed E-state index contributed by atoms with van der Waals surface area (Å²) < 4.78 is 4.01. The minimum atomic E-state index is -0.570. The van der Waals surface area contributed by atoms with Gasteiger partial charge in [-0.15, -0.1) is 32.0 Å². The Morgan fingerprint density at radius 3 is 2.19 bits per heavy atom. The van der Waals surface area contributed by atoms with Crippen molar-refractivity contribution in [1.29, 1.82) is 0 Å². The van der Waals surface area contributed by atoms with Gasteiger partial charge in [0.15, 0.2) is 0 Å². The van der Waals surface area contributed by atoms with E-state index in [1.54, 1.807) is 6.07 Å². The van der Waals surface area contributed by atoms with Crippen LogP contribution in [0.4, 0.5) is 0 Å². The molecule has 0 aliphatic rings. The van der Waals surface area contributed by atoms with Crippen molar-refractivity contribution in [3.8, 4) is 5.00 Å². The molecule has 0 saturated heterocycles. The first-order valence-electron chi connectivity index (χ1n) is 7.78. The van der Waals surface area contributed by atoms with Gasteiger partial charge >= 0.3 is 5.69 Å². The van der Waals surface area contributed by atoms with Crippen LogP contribution in [0.1, 0.15) is 9.67 Å². The summed E-state index contributed by atoms with van der Waals surface area (Å²) in [5, 5.41) is 10.3. The number of fused-ring (bicyclic) bond motifs is 2. The van der Waals surface area contributed by atoms with E-state index in [-0.39, 0.29) is 0 Å². The smallest absolute Gasteiger partial charge is 0.266 e. The van der Waals surface area contributed by atoms with Crippen LogP contribution in [-0.4, -0.2) is 25.7 Å². The summed E-state index contributed by atoms with van der Waals surface area (Å²) in [6, 6.07) is 19.1. The summed E-state index contributed by atoms with van der Waals surface area (Å²) in [7, 11) is 0. The van der Waals surface area contributed by atoms with E-state index in [9.17, 15) is 9.59 Å². The van der Waals surface area contributed by atoms with E-state index in [2.05, 4.69) is 10.4 Å². The first-order valence-corrected chi connectivity index (χ1v) is 9.41. The summed E-state index contributed by atoms with van der Waals surface area (Å²) in [4.78, 5) is 25.8. The van der Waals surface area contributed by atoms with E-state index in [1.807, 2.05) is 54.6 Å². The van der Waals surface area contributed by atoms with Gasteiger partial charge in [-0.05, 0) is 45.5 Å². The maximum Gasteiger partial charge on any atom is 0.376 e. The van der Waals surface area contributed by atoms with Gasteiger partial charge in [0.2, 0.25) is 0 Å². The minimum absolute atomic E-state index is 0.455. The molecule has 5 aromatic rings. The molecule has 0 radical (unpaired) electrons. The van der Waals surface area contributed by atoms with Gasteiger partial charge in [-0.2, -0.15) is 0 Å². The molecule has 0 aliphatic heterocycles. The van der Waals surface area contributed by atoms with Crippen molar-refractivity contribution >= 4 is 48.8 Å². The van der Waals surface area contributed by atoms with Gasteiger partial charge in [-0.25, -0.2) is 4.79 Å². The SMILES string of the molecule is O=C(c1cc2ccccc2s1)n1nnn(-c2cc3ccccc3s2)c1=O. The van der Waals surface area contributed by atoms with Crippen LogP contribution < -0.4 is 5.69 Å². The molecule has 2 aromatic carbocycles. The Morgan fingerprint density at radius 2 is 1.50 bits per heavy atom. The van der Waals surface area contributed by atoms with Crippen LogP contribution in [0.2, 0.25) is 0 Å². The zero-order valence-electron chi connectivity index (χ0n) is 13.2. The molecule has 0 N–H and O–H groups in total. The highest BCUT2D eigenvalue weighted by atomic mass is 32.1. The van der Waals surface area contributed by atoms with Crippen molar-refractivity contribution in [3.05, 3.63) is 76.0 Å². The third kappa shape index (κ3) is 2.31. The molecule has 0 aliphatic carbocycles. The highest BCUT2D eigenvalue weighted by molar-refractivity contribution is 7.21. The molecule has 3 aromatic heterocycles. The number of carbonyl (C=O) groups excluding carboxylic acids is 1. The number of hydrogen-bond donors (Lipinski definition) is 0. The molecule has 5 rings (SSSR count). The molecule has 0 fully saturated rings. The quantitative estimate of drug-likeness (QED) is 0.441. The number of carbonyl (C=O) groups is 1. The zero-order chi connectivity index (χ0) is 17.7. The van der Waals surface area contributed by atoms with Gasteiger partial charge in [0.25, 0.3) is 5.91 Å². The number of benzene rings is 2. The maximum atomic E-state index is 12.7. The Bertz CT molecular complexity index is 1280. The Kier molecular flexibility index (Phi) is 3.34. The van der Waals surface area contributed by atoms with E-state index in [0.29, 0.717) is 9.88 Å². The van der Waals surface area contributed by atoms with E-state index in [1.165, 1.54) is 22.7 Å². The van der Waals surface area contributed by atoms with Crippen molar-refractivity contribution in [2.45, 2.75) is 0 Å². The lowest BCUT2D eigenvalue weighted by Crippen LogP contribution is -2.29. The van der Waals surface area contributed by atoms with Crippen molar-refractivity contribution in [2.24, 2.45) is 0 Å². The van der Waals surface area contributed by atoms with Gasteiger partial charge in [0.05, 0.1) is 4.88 Å². The van der Waals surface area contributed by atoms with Crippen LogP contribution in [0, 0.1) is 0 Å². The van der Waals surface area contributed by atoms with E-state index < -0.39 is 11.6 Å². The van der Waals surface area contributed by atoms with Crippen LogP contribution in [0.25, 0.3) is 25.2 Å². The second-order valence-electron chi connectivity index (χ2n) is 5.66. The van der Waals surface area contributed by atoms with Crippen molar-refractivity contribution in [1.82, 2.24) is 19.8 Å². The van der Waals surface area contributed by atoms with Gasteiger partial charge < -0.3 is 0 Å². The fourth-order valence-electron chi connectivity index (χ4n) is 2.78. The molecule has 0 atom stereocenters. The molecule has 0 amide bonds. The predicted octanol–water partition coefficient (Wildman–Crippen LogP) is 3.55. The highest BCUT2D eigenvalue weighted by Gasteiger charge is 2.20. The Morgan fingerprint density at radius 1 is 0.846 bits per heavy atom. The van der Waals surface area contributed by atoms with Gasteiger partial charge in [0.1, 0.15) is 5.00 Å². The average Bonchev–Trinajstić information content (AvgIpc) is 3.36. The number of tetrazole rings is 1. The van der Waals surface area contributed by atoms with Crippen LogP contribution in [0.15, 0.2) is 65.5 Å². The van der Waals surface area contributed by atoms with Gasteiger partial charge in [-0.1, -0.05) is 36.4 Å². The molecule has 3 heterocycles. The molecule has 126 valence electrons. The average molecular weight is 378 g/mol. The highest BCUT2D eigenvalue weighted by Crippen LogP contribution is 2.27. The molecular formula is C18H10N4O2S2. The number of thiophene rings is 2. The standard InChI is InChI=1S/C18H10N4O2S2/c23-17(15-9-11-5-1-3-7-13(11)25-15)22-18(24)21(19-20-22)16-10-12-6-2-4-8-14(12)26-16/h1-10H. The molecule has 0 bridgehead atoms. The molecule has 0 saturated carbocycles. The largest absolute Gasteiger partial charge is 0.376 e. The summed E-state index contributed by atoms with van der Waals surface area (Å²) in [5.41, 5.74) is -0.570. The van der Waals surface area contributed by atoms with Crippen LogP contribution >= 0.6 is 22.7 Å². The van der Waals surface area contributed by atoms with Crippen LogP contribution in [0.5, 0.6) is 0 Å². The third-order valence-electron chi connectivity index (χ3n) is 4.03. The van der Waals surface area contributed by atoms with Crippen LogP contribution in [-0.2, 0) is 0 Å². The van der Waals surface area contributed by atoms with Crippen molar-refractivity contribution in [2.75, 3.05) is 0 Å². The van der Waals surface area contributed by atoms with E-state index in [0.717, 1.165) is 29.5 Å². The van der Waals surface area contributed by atoms with E-state index in [4.69, 9.17) is 0 Å². The molecule has 26 heavy (non-hydrogen) atoms. The monoisotopic (exact) mass is 378 g/mol. The van der Waals surface area contributed by atoms with Gasteiger partial charge in [-0.3, -0.25) is 4.79 Å². The Hall–Kier alpha value is -3.10. The number of aromatic nitrogens is 4. The lowest BCUT2D eigenvalue weighted by Gasteiger charge is -1.93. The summed E-state index contributed by atoms with van der Waals surface area (Å²) in [5.74, 6) is -0.469. The normalized spacial score (nSPS) is 11.4. The lowest BCUT2D eigenvalue weighted by atomic mass is 10.2. The second-order valence-corrected chi connectivity index (χ2v) is 7.81. The molecule has 0 unspecified atom stereocenters. The third-order valence-corrected chi connectivity index (χ3v) is 6.23. The lowest BCUT2D eigenvalue weighted by molar-refractivity contribution is 0.0943. The first-order chi connectivity index (χ1) is 12.7. The molecule has 0 spiro atoms. The topological polar surface area (TPSA) is 69.8 Å². The zero-order valence-corrected chi connectivity index (χ0v) is 14.8. The Labute approximate surface area is 154 Å². The maximum absolute atomic E-state index is 12.7. The minimum Gasteiger partial charge on any atom is -0.266 e.